The van der Waals surface area contributed by atoms with Crippen LogP contribution in [0.4, 0.5) is 5.69 Å². The molecule has 2 N–H and O–H groups in total. The topological polar surface area (TPSA) is 58.2 Å². The molecule has 1 aromatic carbocycles. The van der Waals surface area contributed by atoms with Crippen LogP contribution in [0.5, 0.6) is 0 Å². The average Bonchev–Trinajstić information content (AvgIpc) is 2.36. The van der Waals surface area contributed by atoms with Crippen LogP contribution in [0.1, 0.15) is 52.6 Å². The number of benzene rings is 1. The summed E-state index contributed by atoms with van der Waals surface area (Å²) in [6, 6.07) is 7.66. The summed E-state index contributed by atoms with van der Waals surface area (Å²) < 4.78 is 27.2. The highest BCUT2D eigenvalue weighted by Gasteiger charge is 2.19. The highest BCUT2D eigenvalue weighted by atomic mass is 32.2. The summed E-state index contributed by atoms with van der Waals surface area (Å²) in [5.41, 5.74) is 1.64. The fourth-order valence-electron chi connectivity index (χ4n) is 2.04. The zero-order chi connectivity index (χ0) is 16.1. The van der Waals surface area contributed by atoms with Gasteiger partial charge in [0.25, 0.3) is 0 Å². The third-order valence-electron chi connectivity index (χ3n) is 3.32. The molecule has 1 aromatic rings. The summed E-state index contributed by atoms with van der Waals surface area (Å²) in [7, 11) is -3.32. The Hall–Kier alpha value is -1.07. The van der Waals surface area contributed by atoms with Crippen molar-refractivity contribution in [3.05, 3.63) is 29.8 Å². The number of sulfonamides is 1. The Morgan fingerprint density at radius 2 is 1.81 bits per heavy atom. The molecule has 120 valence electrons. The van der Waals surface area contributed by atoms with Crippen LogP contribution in [0.25, 0.3) is 0 Å². The molecule has 0 aromatic heterocycles. The molecule has 0 aliphatic carbocycles. The van der Waals surface area contributed by atoms with E-state index >= 15 is 0 Å². The summed E-state index contributed by atoms with van der Waals surface area (Å²) >= 11 is 0. The van der Waals surface area contributed by atoms with Gasteiger partial charge in [0, 0.05) is 6.04 Å². The number of para-hydroxylation sites is 1. The Balaban J connectivity index is 2.87. The van der Waals surface area contributed by atoms with E-state index in [-0.39, 0.29) is 17.2 Å². The van der Waals surface area contributed by atoms with Gasteiger partial charge in [-0.2, -0.15) is 0 Å². The number of anilines is 1. The van der Waals surface area contributed by atoms with Crippen molar-refractivity contribution in [1.29, 1.82) is 0 Å². The second kappa shape index (κ2) is 7.27. The molecule has 1 atom stereocenters. The van der Waals surface area contributed by atoms with E-state index in [1.165, 1.54) is 0 Å². The van der Waals surface area contributed by atoms with Crippen LogP contribution >= 0.6 is 0 Å². The van der Waals surface area contributed by atoms with Crippen molar-refractivity contribution in [2.45, 2.75) is 47.1 Å². The van der Waals surface area contributed by atoms with Gasteiger partial charge in [-0.05, 0) is 36.9 Å². The Morgan fingerprint density at radius 3 is 2.38 bits per heavy atom. The van der Waals surface area contributed by atoms with Crippen molar-refractivity contribution in [3.8, 4) is 0 Å². The first-order valence-corrected chi connectivity index (χ1v) is 9.12. The van der Waals surface area contributed by atoms with Gasteiger partial charge in [0.1, 0.15) is 0 Å². The predicted molar refractivity (Wildman–Crippen MR) is 90.0 cm³/mol. The molecule has 0 radical (unpaired) electrons. The smallest absolute Gasteiger partial charge is 0.232 e. The van der Waals surface area contributed by atoms with Crippen molar-refractivity contribution in [2.24, 2.45) is 5.41 Å². The lowest BCUT2D eigenvalue weighted by Gasteiger charge is -2.20. The highest BCUT2D eigenvalue weighted by molar-refractivity contribution is 7.92. The molecule has 5 heteroatoms. The van der Waals surface area contributed by atoms with Gasteiger partial charge in [0.2, 0.25) is 10.0 Å². The van der Waals surface area contributed by atoms with Gasteiger partial charge >= 0.3 is 0 Å². The molecule has 0 aliphatic rings. The molecular weight excluding hydrogens is 284 g/mol. The largest absolute Gasteiger partial charge is 0.310 e. The van der Waals surface area contributed by atoms with Crippen molar-refractivity contribution in [3.63, 3.8) is 0 Å². The number of nitrogens with one attached hydrogen (secondary N) is 2. The van der Waals surface area contributed by atoms with Gasteiger partial charge in [-0.25, -0.2) is 8.42 Å². The van der Waals surface area contributed by atoms with Crippen LogP contribution in [-0.4, -0.2) is 20.7 Å². The van der Waals surface area contributed by atoms with E-state index in [4.69, 9.17) is 0 Å². The molecule has 4 nitrogen and oxygen atoms in total. The molecule has 0 heterocycles. The van der Waals surface area contributed by atoms with Crippen LogP contribution < -0.4 is 10.0 Å². The minimum atomic E-state index is -3.32. The number of hydrogen-bond donors (Lipinski definition) is 2. The van der Waals surface area contributed by atoms with Crippen LogP contribution in [0, 0.1) is 5.41 Å². The van der Waals surface area contributed by atoms with E-state index in [0.29, 0.717) is 12.1 Å². The lowest BCUT2D eigenvalue weighted by Crippen LogP contribution is -2.23. The normalized spacial score (nSPS) is 14.0. The Kier molecular flexibility index (Phi) is 6.23. The monoisotopic (exact) mass is 312 g/mol. The maximum atomic E-state index is 12.2. The second-order valence-electron chi connectivity index (χ2n) is 6.60. The quantitative estimate of drug-likeness (QED) is 0.809. The lowest BCUT2D eigenvalue weighted by atomic mass is 9.94. The zero-order valence-corrected chi connectivity index (χ0v) is 14.5. The Morgan fingerprint density at radius 1 is 1.19 bits per heavy atom. The van der Waals surface area contributed by atoms with Crippen molar-refractivity contribution >= 4 is 15.7 Å². The molecule has 0 aliphatic heterocycles. The third kappa shape index (κ3) is 6.48. The van der Waals surface area contributed by atoms with Gasteiger partial charge < -0.3 is 5.32 Å². The fraction of sp³-hybridized carbons (Fsp3) is 0.625. The summed E-state index contributed by atoms with van der Waals surface area (Å²) in [5, 5.41) is 3.31. The molecular formula is C16H28N2O2S. The van der Waals surface area contributed by atoms with E-state index in [1.807, 2.05) is 58.9 Å². The second-order valence-corrected chi connectivity index (χ2v) is 8.44. The number of rotatable bonds is 7. The van der Waals surface area contributed by atoms with Gasteiger partial charge in [0.05, 0.1) is 11.4 Å². The van der Waals surface area contributed by atoms with Crippen LogP contribution in [-0.2, 0) is 10.0 Å². The molecule has 0 fully saturated rings. The molecule has 1 rings (SSSR count). The zero-order valence-electron chi connectivity index (χ0n) is 13.7. The molecule has 0 amide bonds. The minimum Gasteiger partial charge on any atom is -0.310 e. The van der Waals surface area contributed by atoms with E-state index in [9.17, 15) is 8.42 Å². The summed E-state index contributed by atoms with van der Waals surface area (Å²) in [6.07, 6.45) is 0.632. The Bertz CT molecular complexity index is 548. The van der Waals surface area contributed by atoms with Crippen LogP contribution in [0.3, 0.4) is 0 Å². The molecule has 0 saturated carbocycles. The maximum Gasteiger partial charge on any atom is 0.232 e. The third-order valence-corrected chi connectivity index (χ3v) is 4.60. The Labute approximate surface area is 129 Å². The van der Waals surface area contributed by atoms with Crippen molar-refractivity contribution < 1.29 is 8.42 Å². The van der Waals surface area contributed by atoms with Crippen LogP contribution in [0.2, 0.25) is 0 Å². The predicted octanol–water partition coefficient (Wildman–Crippen LogP) is 3.54. The minimum absolute atomic E-state index is 0.00528. The van der Waals surface area contributed by atoms with Gasteiger partial charge in [-0.1, -0.05) is 45.9 Å². The van der Waals surface area contributed by atoms with E-state index in [0.717, 1.165) is 12.1 Å². The first-order chi connectivity index (χ1) is 9.64. The SMILES string of the molecule is CCNC(C)c1ccccc1NS(=O)(=O)CCC(C)(C)C. The van der Waals surface area contributed by atoms with E-state index in [1.54, 1.807) is 0 Å². The van der Waals surface area contributed by atoms with E-state index < -0.39 is 10.0 Å². The first kappa shape index (κ1) is 18.0. The van der Waals surface area contributed by atoms with Gasteiger partial charge in [-0.15, -0.1) is 0 Å². The molecule has 0 saturated heterocycles. The first-order valence-electron chi connectivity index (χ1n) is 7.47. The molecule has 21 heavy (non-hydrogen) atoms. The average molecular weight is 312 g/mol. The molecule has 0 bridgehead atoms. The number of hydrogen-bond acceptors (Lipinski definition) is 3. The van der Waals surface area contributed by atoms with E-state index in [2.05, 4.69) is 10.0 Å². The van der Waals surface area contributed by atoms with Gasteiger partial charge in [0.15, 0.2) is 0 Å². The van der Waals surface area contributed by atoms with Crippen molar-refractivity contribution in [1.82, 2.24) is 5.32 Å². The standard InChI is InChI=1S/C16H28N2O2S/c1-6-17-13(2)14-9-7-8-10-15(14)18-21(19,20)12-11-16(3,4)5/h7-10,13,17-18H,6,11-12H2,1-5H3. The lowest BCUT2D eigenvalue weighted by molar-refractivity contribution is 0.397. The van der Waals surface area contributed by atoms with Gasteiger partial charge in [-0.3, -0.25) is 4.72 Å². The molecule has 1 unspecified atom stereocenters. The highest BCUT2D eigenvalue weighted by Crippen LogP contribution is 2.25. The summed E-state index contributed by atoms with van der Waals surface area (Å²) in [4.78, 5) is 0. The summed E-state index contributed by atoms with van der Waals surface area (Å²) in [6.45, 7) is 11.0. The van der Waals surface area contributed by atoms with Crippen molar-refractivity contribution in [2.75, 3.05) is 17.0 Å². The fourth-order valence-corrected chi connectivity index (χ4v) is 3.55. The maximum absolute atomic E-state index is 12.2. The summed E-state index contributed by atoms with van der Waals surface area (Å²) in [5.74, 6) is 0.139. The van der Waals surface area contributed by atoms with Crippen LogP contribution in [0.15, 0.2) is 24.3 Å². The molecule has 0 spiro atoms.